The minimum atomic E-state index is -0.383. The van der Waals surface area contributed by atoms with Crippen molar-refractivity contribution in [3.63, 3.8) is 0 Å². The lowest BCUT2D eigenvalue weighted by Crippen LogP contribution is -2.48. The van der Waals surface area contributed by atoms with Crippen LogP contribution >= 0.6 is 22.9 Å². The van der Waals surface area contributed by atoms with Crippen LogP contribution in [0, 0.1) is 5.82 Å². The molecule has 0 unspecified atom stereocenters. The Kier molecular flexibility index (Phi) is 4.36. The van der Waals surface area contributed by atoms with Crippen LogP contribution in [-0.4, -0.2) is 37.0 Å². The average Bonchev–Trinajstić information content (AvgIpc) is 3.00. The molecule has 25 heavy (non-hydrogen) atoms. The summed E-state index contributed by atoms with van der Waals surface area (Å²) in [5, 5.41) is 0.578. The van der Waals surface area contributed by atoms with Crippen molar-refractivity contribution in [2.24, 2.45) is 0 Å². The standard InChI is InChI=1S/C19H16ClFN2OS/c20-17-16-14(21)7-4-8-15(16)25-18(17)19(24)23-11-9-22(10-12-23)13-5-2-1-3-6-13/h1-8H,9-12H2. The van der Waals surface area contributed by atoms with Crippen LogP contribution in [-0.2, 0) is 0 Å². The predicted molar refractivity (Wildman–Crippen MR) is 101 cm³/mol. The smallest absolute Gasteiger partial charge is 0.265 e. The molecule has 3 nitrogen and oxygen atoms in total. The van der Waals surface area contributed by atoms with E-state index in [1.54, 1.807) is 17.0 Å². The van der Waals surface area contributed by atoms with Crippen LogP contribution < -0.4 is 4.90 Å². The van der Waals surface area contributed by atoms with Gasteiger partial charge in [-0.3, -0.25) is 4.79 Å². The Morgan fingerprint density at radius 2 is 1.72 bits per heavy atom. The summed E-state index contributed by atoms with van der Waals surface area (Å²) in [6, 6.07) is 15.0. The summed E-state index contributed by atoms with van der Waals surface area (Å²) >= 11 is 7.57. The zero-order valence-corrected chi connectivity index (χ0v) is 15.0. The number of hydrogen-bond donors (Lipinski definition) is 0. The van der Waals surface area contributed by atoms with Crippen molar-refractivity contribution >= 4 is 44.6 Å². The maximum atomic E-state index is 14.0. The Balaban J connectivity index is 1.53. The molecule has 0 bridgehead atoms. The number of carbonyl (C=O) groups is 1. The molecule has 1 saturated heterocycles. The van der Waals surface area contributed by atoms with E-state index >= 15 is 0 Å². The molecule has 6 heteroatoms. The van der Waals surface area contributed by atoms with Crippen molar-refractivity contribution in [3.05, 3.63) is 64.2 Å². The number of nitrogens with zero attached hydrogens (tertiary/aromatic N) is 2. The van der Waals surface area contributed by atoms with Gasteiger partial charge in [-0.1, -0.05) is 35.9 Å². The van der Waals surface area contributed by atoms with E-state index in [0.29, 0.717) is 28.1 Å². The number of para-hydroxylation sites is 1. The molecule has 1 aromatic heterocycles. The number of carbonyl (C=O) groups excluding carboxylic acids is 1. The Bertz CT molecular complexity index is 920. The molecule has 0 N–H and O–H groups in total. The van der Waals surface area contributed by atoms with Crippen LogP contribution in [0.3, 0.4) is 0 Å². The van der Waals surface area contributed by atoms with E-state index in [4.69, 9.17) is 11.6 Å². The summed E-state index contributed by atoms with van der Waals surface area (Å²) in [7, 11) is 0. The van der Waals surface area contributed by atoms with Crippen molar-refractivity contribution < 1.29 is 9.18 Å². The van der Waals surface area contributed by atoms with Crippen LogP contribution in [0.2, 0.25) is 5.02 Å². The maximum Gasteiger partial charge on any atom is 0.265 e. The van der Waals surface area contributed by atoms with Crippen LogP contribution in [0.4, 0.5) is 10.1 Å². The quantitative estimate of drug-likeness (QED) is 0.651. The maximum absolute atomic E-state index is 14.0. The molecular formula is C19H16ClFN2OS. The average molecular weight is 375 g/mol. The van der Waals surface area contributed by atoms with E-state index in [2.05, 4.69) is 17.0 Å². The van der Waals surface area contributed by atoms with Crippen molar-refractivity contribution in [1.29, 1.82) is 0 Å². The molecule has 0 saturated carbocycles. The summed E-state index contributed by atoms with van der Waals surface area (Å²) in [4.78, 5) is 17.3. The molecule has 0 spiro atoms. The van der Waals surface area contributed by atoms with Gasteiger partial charge < -0.3 is 9.80 Å². The van der Waals surface area contributed by atoms with Crippen LogP contribution in [0.5, 0.6) is 0 Å². The lowest BCUT2D eigenvalue weighted by molar-refractivity contribution is 0.0752. The van der Waals surface area contributed by atoms with Gasteiger partial charge in [0.1, 0.15) is 10.7 Å². The topological polar surface area (TPSA) is 23.6 Å². The van der Waals surface area contributed by atoms with Gasteiger partial charge in [-0.15, -0.1) is 11.3 Å². The normalized spacial score (nSPS) is 15.0. The number of rotatable bonds is 2. The zero-order valence-electron chi connectivity index (χ0n) is 13.4. The second kappa shape index (κ2) is 6.65. The van der Waals surface area contributed by atoms with Gasteiger partial charge in [0.2, 0.25) is 0 Å². The second-order valence-corrected chi connectivity index (χ2v) is 7.40. The third-order valence-electron chi connectivity index (χ3n) is 4.49. The minimum Gasteiger partial charge on any atom is -0.368 e. The molecule has 1 fully saturated rings. The summed E-state index contributed by atoms with van der Waals surface area (Å²) in [6.07, 6.45) is 0. The number of hydrogen-bond acceptors (Lipinski definition) is 3. The molecule has 2 heterocycles. The van der Waals surface area contributed by atoms with Crippen molar-refractivity contribution in [2.75, 3.05) is 31.1 Å². The highest BCUT2D eigenvalue weighted by molar-refractivity contribution is 7.21. The van der Waals surface area contributed by atoms with Gasteiger partial charge in [0.15, 0.2) is 0 Å². The molecule has 1 amide bonds. The first kappa shape index (κ1) is 16.4. The second-order valence-electron chi connectivity index (χ2n) is 5.97. The molecule has 4 rings (SSSR count). The third kappa shape index (κ3) is 2.98. The fourth-order valence-corrected chi connectivity index (χ4v) is 4.68. The van der Waals surface area contributed by atoms with E-state index in [1.165, 1.54) is 17.4 Å². The largest absolute Gasteiger partial charge is 0.368 e. The molecule has 0 atom stereocenters. The monoisotopic (exact) mass is 374 g/mol. The SMILES string of the molecule is O=C(c1sc2cccc(F)c2c1Cl)N1CCN(c2ccccc2)CC1. The first-order valence-corrected chi connectivity index (χ1v) is 9.30. The Morgan fingerprint density at radius 3 is 2.40 bits per heavy atom. The molecule has 0 aliphatic carbocycles. The minimum absolute atomic E-state index is 0.113. The first-order valence-electron chi connectivity index (χ1n) is 8.11. The van der Waals surface area contributed by atoms with Gasteiger partial charge in [0, 0.05) is 42.0 Å². The molecular weight excluding hydrogens is 359 g/mol. The van der Waals surface area contributed by atoms with Crippen LogP contribution in [0.25, 0.3) is 10.1 Å². The van der Waals surface area contributed by atoms with E-state index in [-0.39, 0.29) is 16.7 Å². The van der Waals surface area contributed by atoms with Gasteiger partial charge in [-0.05, 0) is 24.3 Å². The molecule has 3 aromatic rings. The zero-order chi connectivity index (χ0) is 17.4. The highest BCUT2D eigenvalue weighted by Gasteiger charge is 2.26. The summed E-state index contributed by atoms with van der Waals surface area (Å²) in [5.41, 5.74) is 1.16. The lowest BCUT2D eigenvalue weighted by atomic mass is 10.2. The first-order chi connectivity index (χ1) is 12.1. The number of halogens is 2. The van der Waals surface area contributed by atoms with Crippen molar-refractivity contribution in [1.82, 2.24) is 4.90 Å². The number of benzene rings is 2. The van der Waals surface area contributed by atoms with Gasteiger partial charge in [0.05, 0.1) is 5.02 Å². The van der Waals surface area contributed by atoms with Crippen molar-refractivity contribution in [3.8, 4) is 0 Å². The number of anilines is 1. The highest BCUT2D eigenvalue weighted by atomic mass is 35.5. The highest BCUT2D eigenvalue weighted by Crippen LogP contribution is 2.37. The number of fused-ring (bicyclic) bond motifs is 1. The summed E-state index contributed by atoms with van der Waals surface area (Å²) in [6.45, 7) is 2.79. The van der Waals surface area contributed by atoms with Crippen LogP contribution in [0.1, 0.15) is 9.67 Å². The van der Waals surface area contributed by atoms with Gasteiger partial charge in [-0.25, -0.2) is 4.39 Å². The summed E-state index contributed by atoms with van der Waals surface area (Å²) in [5.74, 6) is -0.495. The molecule has 0 radical (unpaired) electrons. The summed E-state index contributed by atoms with van der Waals surface area (Å²) < 4.78 is 14.7. The van der Waals surface area contributed by atoms with E-state index < -0.39 is 0 Å². The van der Waals surface area contributed by atoms with Gasteiger partial charge in [0.25, 0.3) is 5.91 Å². The Labute approximate surface area is 154 Å². The van der Waals surface area contributed by atoms with Crippen LogP contribution in [0.15, 0.2) is 48.5 Å². The molecule has 1 aliphatic heterocycles. The third-order valence-corrected chi connectivity index (χ3v) is 6.12. The number of amides is 1. The fourth-order valence-electron chi connectivity index (χ4n) is 3.16. The molecule has 1 aliphatic rings. The Hall–Kier alpha value is -2.11. The number of thiophene rings is 1. The molecule has 2 aromatic carbocycles. The fraction of sp³-hybridized carbons (Fsp3) is 0.211. The van der Waals surface area contributed by atoms with E-state index in [9.17, 15) is 9.18 Å². The molecule has 128 valence electrons. The van der Waals surface area contributed by atoms with E-state index in [1.807, 2.05) is 18.2 Å². The lowest BCUT2D eigenvalue weighted by Gasteiger charge is -2.36. The number of piperazine rings is 1. The Morgan fingerprint density at radius 1 is 1.00 bits per heavy atom. The predicted octanol–water partition coefficient (Wildman–Crippen LogP) is 4.66. The van der Waals surface area contributed by atoms with E-state index in [0.717, 1.165) is 18.8 Å². The van der Waals surface area contributed by atoms with Gasteiger partial charge >= 0.3 is 0 Å². The van der Waals surface area contributed by atoms with Crippen molar-refractivity contribution in [2.45, 2.75) is 0 Å². The van der Waals surface area contributed by atoms with Gasteiger partial charge in [-0.2, -0.15) is 0 Å².